The molecule has 0 aliphatic heterocycles. The third-order valence-corrected chi connectivity index (χ3v) is 6.11. The van der Waals surface area contributed by atoms with Crippen molar-refractivity contribution in [3.8, 4) is 17.2 Å². The van der Waals surface area contributed by atoms with Crippen LogP contribution < -0.4 is 19.5 Å². The van der Waals surface area contributed by atoms with Gasteiger partial charge in [-0.1, -0.05) is 41.9 Å². The van der Waals surface area contributed by atoms with Crippen molar-refractivity contribution in [3.63, 3.8) is 0 Å². The minimum Gasteiger partial charge on any atom is -0.497 e. The van der Waals surface area contributed by atoms with E-state index in [9.17, 15) is 9.59 Å². The smallest absolute Gasteiger partial charge is 0.242 e. The number of rotatable bonds is 11. The lowest BCUT2D eigenvalue weighted by molar-refractivity contribution is -0.140. The Balaban J connectivity index is 1.78. The lowest BCUT2D eigenvalue weighted by Gasteiger charge is -2.29. The number of carbonyl (C=O) groups excluding carboxylic acids is 2. The maximum atomic E-state index is 13.5. The van der Waals surface area contributed by atoms with E-state index in [1.807, 2.05) is 42.5 Å². The average molecular weight is 511 g/mol. The number of hydrogen-bond donors (Lipinski definition) is 1. The van der Waals surface area contributed by atoms with Crippen molar-refractivity contribution in [2.45, 2.75) is 32.5 Å². The van der Waals surface area contributed by atoms with E-state index in [0.29, 0.717) is 23.1 Å². The molecule has 1 unspecified atom stereocenters. The third kappa shape index (κ3) is 7.15. The van der Waals surface area contributed by atoms with Crippen LogP contribution in [-0.4, -0.2) is 44.1 Å². The molecule has 0 saturated heterocycles. The van der Waals surface area contributed by atoms with Crippen LogP contribution in [0.4, 0.5) is 0 Å². The fraction of sp³-hybridized carbons (Fsp3) is 0.286. The third-order valence-electron chi connectivity index (χ3n) is 5.86. The molecule has 0 aliphatic rings. The van der Waals surface area contributed by atoms with Gasteiger partial charge in [0.1, 0.15) is 11.8 Å². The van der Waals surface area contributed by atoms with E-state index in [1.165, 1.54) is 0 Å². The minimum atomic E-state index is -0.702. The number of amides is 2. The summed E-state index contributed by atoms with van der Waals surface area (Å²) in [7, 11) is 4.71. The summed E-state index contributed by atoms with van der Waals surface area (Å²) < 4.78 is 15.9. The maximum absolute atomic E-state index is 13.5. The Labute approximate surface area is 216 Å². The molecule has 3 rings (SSSR count). The van der Waals surface area contributed by atoms with E-state index in [0.717, 1.165) is 22.4 Å². The first-order chi connectivity index (χ1) is 17.3. The number of carbonyl (C=O) groups is 2. The molecule has 1 N–H and O–H groups in total. The summed E-state index contributed by atoms with van der Waals surface area (Å²) >= 11 is 5.95. The second-order valence-corrected chi connectivity index (χ2v) is 8.69. The van der Waals surface area contributed by atoms with Crippen LogP contribution in [0.3, 0.4) is 0 Å². The number of hydrogen-bond acceptors (Lipinski definition) is 5. The van der Waals surface area contributed by atoms with E-state index >= 15 is 0 Å². The molecule has 0 fully saturated rings. The van der Waals surface area contributed by atoms with Gasteiger partial charge in [0.2, 0.25) is 11.8 Å². The molecular formula is C28H31ClN2O5. The Bertz CT molecular complexity index is 1170. The molecule has 0 aromatic heterocycles. The summed E-state index contributed by atoms with van der Waals surface area (Å²) in [5.41, 5.74) is 2.55. The van der Waals surface area contributed by atoms with Crippen molar-refractivity contribution >= 4 is 23.4 Å². The Hall–Kier alpha value is -3.71. The van der Waals surface area contributed by atoms with Gasteiger partial charge in [-0.3, -0.25) is 9.59 Å². The summed E-state index contributed by atoms with van der Waals surface area (Å²) in [6.45, 7) is 2.33. The first-order valence-corrected chi connectivity index (χ1v) is 11.9. The second-order valence-electron chi connectivity index (χ2n) is 8.26. The van der Waals surface area contributed by atoms with Crippen LogP contribution in [0, 0.1) is 0 Å². The van der Waals surface area contributed by atoms with Gasteiger partial charge in [-0.05, 0) is 60.0 Å². The standard InChI is InChI=1S/C28H31ClN2O5/c1-19(28(33)30-17-20-5-10-23(29)11-6-20)31(18-21-7-12-24(34-2)13-8-21)27(32)16-22-9-14-25(35-3)26(15-22)36-4/h5-15,19H,16-18H2,1-4H3,(H,30,33). The SMILES string of the molecule is COc1ccc(CN(C(=O)Cc2ccc(OC)c(OC)c2)C(C)C(=O)NCc2ccc(Cl)cc2)cc1. The zero-order valence-corrected chi connectivity index (χ0v) is 21.7. The largest absolute Gasteiger partial charge is 0.497 e. The number of halogens is 1. The molecular weight excluding hydrogens is 480 g/mol. The lowest BCUT2D eigenvalue weighted by Crippen LogP contribution is -2.48. The van der Waals surface area contributed by atoms with E-state index in [4.69, 9.17) is 25.8 Å². The van der Waals surface area contributed by atoms with E-state index < -0.39 is 6.04 Å². The molecule has 1 atom stereocenters. The van der Waals surface area contributed by atoms with Crippen molar-refractivity contribution in [2.75, 3.05) is 21.3 Å². The fourth-order valence-corrected chi connectivity index (χ4v) is 3.84. The highest BCUT2D eigenvalue weighted by Crippen LogP contribution is 2.28. The number of ether oxygens (including phenoxy) is 3. The number of nitrogens with zero attached hydrogens (tertiary/aromatic N) is 1. The van der Waals surface area contributed by atoms with Crippen LogP contribution in [0.2, 0.25) is 5.02 Å². The van der Waals surface area contributed by atoms with Gasteiger partial charge in [-0.2, -0.15) is 0 Å². The quantitative estimate of drug-likeness (QED) is 0.406. The molecule has 190 valence electrons. The molecule has 0 saturated carbocycles. The lowest BCUT2D eigenvalue weighted by atomic mass is 10.1. The van der Waals surface area contributed by atoms with Crippen LogP contribution in [0.15, 0.2) is 66.7 Å². The molecule has 8 heteroatoms. The van der Waals surface area contributed by atoms with Crippen LogP contribution >= 0.6 is 11.6 Å². The van der Waals surface area contributed by atoms with Crippen molar-refractivity contribution in [1.29, 1.82) is 0 Å². The van der Waals surface area contributed by atoms with Gasteiger partial charge in [-0.15, -0.1) is 0 Å². The topological polar surface area (TPSA) is 77.1 Å². The summed E-state index contributed by atoms with van der Waals surface area (Å²) in [6.07, 6.45) is 0.102. The molecule has 0 bridgehead atoms. The summed E-state index contributed by atoms with van der Waals surface area (Å²) in [5, 5.41) is 3.55. The Morgan fingerprint density at radius 1 is 0.833 bits per heavy atom. The molecule has 0 aliphatic carbocycles. The zero-order chi connectivity index (χ0) is 26.1. The number of methoxy groups -OCH3 is 3. The highest BCUT2D eigenvalue weighted by molar-refractivity contribution is 6.30. The molecule has 36 heavy (non-hydrogen) atoms. The molecule has 0 radical (unpaired) electrons. The molecule has 3 aromatic rings. The summed E-state index contributed by atoms with van der Waals surface area (Å²) in [4.78, 5) is 28.1. The van der Waals surface area contributed by atoms with Crippen molar-refractivity contribution < 1.29 is 23.8 Å². The Morgan fingerprint density at radius 3 is 2.06 bits per heavy atom. The van der Waals surface area contributed by atoms with Crippen molar-refractivity contribution in [1.82, 2.24) is 10.2 Å². The maximum Gasteiger partial charge on any atom is 0.242 e. The molecule has 0 heterocycles. The Morgan fingerprint density at radius 2 is 1.44 bits per heavy atom. The predicted octanol–water partition coefficient (Wildman–Crippen LogP) is 4.64. The van der Waals surface area contributed by atoms with Crippen LogP contribution in [0.5, 0.6) is 17.2 Å². The average Bonchev–Trinajstić information content (AvgIpc) is 2.91. The van der Waals surface area contributed by atoms with Crippen LogP contribution in [0.25, 0.3) is 0 Å². The van der Waals surface area contributed by atoms with E-state index in [1.54, 1.807) is 57.4 Å². The van der Waals surface area contributed by atoms with Gasteiger partial charge in [0.15, 0.2) is 11.5 Å². The Kier molecular flexibility index (Phi) is 9.59. The van der Waals surface area contributed by atoms with Gasteiger partial charge in [-0.25, -0.2) is 0 Å². The second kappa shape index (κ2) is 12.8. The van der Waals surface area contributed by atoms with Gasteiger partial charge in [0.05, 0.1) is 27.8 Å². The highest BCUT2D eigenvalue weighted by Gasteiger charge is 2.26. The molecule has 0 spiro atoms. The van der Waals surface area contributed by atoms with Gasteiger partial charge in [0, 0.05) is 18.1 Å². The molecule has 3 aromatic carbocycles. The van der Waals surface area contributed by atoms with Crippen molar-refractivity contribution in [2.24, 2.45) is 0 Å². The van der Waals surface area contributed by atoms with Gasteiger partial charge >= 0.3 is 0 Å². The van der Waals surface area contributed by atoms with Crippen molar-refractivity contribution in [3.05, 3.63) is 88.4 Å². The highest BCUT2D eigenvalue weighted by atomic mass is 35.5. The summed E-state index contributed by atoms with van der Waals surface area (Å²) in [6, 6.07) is 19.3. The first-order valence-electron chi connectivity index (χ1n) is 11.5. The van der Waals surface area contributed by atoms with Crippen LogP contribution in [-0.2, 0) is 29.1 Å². The number of benzene rings is 3. The predicted molar refractivity (Wildman–Crippen MR) is 140 cm³/mol. The van der Waals surface area contributed by atoms with Gasteiger partial charge in [0.25, 0.3) is 0 Å². The molecule has 2 amide bonds. The number of nitrogens with one attached hydrogen (secondary N) is 1. The van der Waals surface area contributed by atoms with E-state index in [-0.39, 0.29) is 24.8 Å². The zero-order valence-electron chi connectivity index (χ0n) is 20.9. The van der Waals surface area contributed by atoms with Crippen LogP contribution in [0.1, 0.15) is 23.6 Å². The normalized spacial score (nSPS) is 11.4. The molecule has 7 nitrogen and oxygen atoms in total. The monoisotopic (exact) mass is 510 g/mol. The summed E-state index contributed by atoms with van der Waals surface area (Å²) in [5.74, 6) is 1.40. The first kappa shape index (κ1) is 26.9. The minimum absolute atomic E-state index is 0.102. The van der Waals surface area contributed by atoms with Gasteiger partial charge < -0.3 is 24.4 Å². The van der Waals surface area contributed by atoms with E-state index in [2.05, 4.69) is 5.32 Å². The fourth-order valence-electron chi connectivity index (χ4n) is 3.72.